The first-order valence-corrected chi connectivity index (χ1v) is 9.79. The third kappa shape index (κ3) is 3.81. The highest BCUT2D eigenvalue weighted by Crippen LogP contribution is 2.35. The van der Waals surface area contributed by atoms with Crippen LogP contribution in [0, 0.1) is 0 Å². The minimum absolute atomic E-state index is 0.256. The highest BCUT2D eigenvalue weighted by Gasteiger charge is 2.31. The van der Waals surface area contributed by atoms with Gasteiger partial charge in [-0.15, -0.1) is 0 Å². The molecule has 1 aliphatic heterocycles. The summed E-state index contributed by atoms with van der Waals surface area (Å²) >= 11 is 12.5. The Morgan fingerprint density at radius 1 is 1.14 bits per heavy atom. The van der Waals surface area contributed by atoms with Crippen molar-refractivity contribution in [2.75, 3.05) is 31.1 Å². The van der Waals surface area contributed by atoms with Crippen LogP contribution < -0.4 is 4.90 Å². The van der Waals surface area contributed by atoms with E-state index in [1.54, 1.807) is 18.2 Å². The lowest BCUT2D eigenvalue weighted by Gasteiger charge is -2.39. The number of hydrogen-bond donors (Lipinski definition) is 2. The molecule has 4 rings (SSSR count). The van der Waals surface area contributed by atoms with E-state index in [-0.39, 0.29) is 13.2 Å². The predicted molar refractivity (Wildman–Crippen MR) is 113 cm³/mol. The Balaban J connectivity index is 1.76. The number of benzene rings is 2. The molecule has 1 aromatic heterocycles. The molecule has 150 valence electrons. The summed E-state index contributed by atoms with van der Waals surface area (Å²) < 4.78 is 0. The molecule has 1 unspecified atom stereocenters. The smallest absolute Gasteiger partial charge is 0.407 e. The second-order valence-electron chi connectivity index (χ2n) is 6.81. The SMILES string of the molecule is O=C(O)N1CCN(c2ncnc3cc(Cl)c(-c4ccc(Cl)cc4)cc23)CC1CO. The van der Waals surface area contributed by atoms with Gasteiger partial charge in [-0.1, -0.05) is 35.3 Å². The van der Waals surface area contributed by atoms with Gasteiger partial charge in [0.05, 0.1) is 23.2 Å². The van der Waals surface area contributed by atoms with Crippen molar-refractivity contribution in [1.82, 2.24) is 14.9 Å². The van der Waals surface area contributed by atoms with Gasteiger partial charge in [0.15, 0.2) is 0 Å². The highest BCUT2D eigenvalue weighted by atomic mass is 35.5. The van der Waals surface area contributed by atoms with Crippen LogP contribution in [-0.2, 0) is 0 Å². The second-order valence-corrected chi connectivity index (χ2v) is 7.66. The fraction of sp³-hybridized carbons (Fsp3) is 0.250. The maximum absolute atomic E-state index is 11.4. The summed E-state index contributed by atoms with van der Waals surface area (Å²) in [6, 6.07) is 10.6. The van der Waals surface area contributed by atoms with Gasteiger partial charge < -0.3 is 15.1 Å². The molecule has 0 aliphatic carbocycles. The molecule has 1 fully saturated rings. The van der Waals surface area contributed by atoms with E-state index >= 15 is 0 Å². The molecule has 2 heterocycles. The van der Waals surface area contributed by atoms with Crippen molar-refractivity contribution in [2.24, 2.45) is 0 Å². The molecule has 0 bridgehead atoms. The number of piperazine rings is 1. The minimum atomic E-state index is -1.03. The number of aliphatic hydroxyl groups is 1. The fourth-order valence-corrected chi connectivity index (χ4v) is 4.02. The van der Waals surface area contributed by atoms with Gasteiger partial charge in [0.2, 0.25) is 0 Å². The van der Waals surface area contributed by atoms with Crippen molar-refractivity contribution in [3.63, 3.8) is 0 Å². The Bertz CT molecular complexity index is 1060. The molecule has 9 heteroatoms. The number of carbonyl (C=O) groups is 1. The third-order valence-electron chi connectivity index (χ3n) is 5.10. The topological polar surface area (TPSA) is 89.8 Å². The average molecular weight is 433 g/mol. The first kappa shape index (κ1) is 19.7. The number of fused-ring (bicyclic) bond motifs is 1. The first-order chi connectivity index (χ1) is 14.0. The van der Waals surface area contributed by atoms with E-state index in [0.29, 0.717) is 34.5 Å². The lowest BCUT2D eigenvalue weighted by atomic mass is 10.0. The van der Waals surface area contributed by atoms with Crippen molar-refractivity contribution in [2.45, 2.75) is 6.04 Å². The van der Waals surface area contributed by atoms with Crippen molar-refractivity contribution in [3.05, 3.63) is 52.8 Å². The Kier molecular flexibility index (Phi) is 5.45. The molecule has 3 aromatic rings. The standard InChI is InChI=1S/C20H18Cl2N4O3/c21-13-3-1-12(2-4-13)15-7-16-18(8-17(15)22)23-11-24-19(16)25-5-6-26(20(28)29)14(9-25)10-27/h1-4,7-8,11,14,27H,5-6,9-10H2,(H,28,29). The number of nitrogens with zero attached hydrogens (tertiary/aromatic N) is 4. The zero-order valence-electron chi connectivity index (χ0n) is 15.3. The summed E-state index contributed by atoms with van der Waals surface area (Å²) in [5.41, 5.74) is 2.44. The predicted octanol–water partition coefficient (Wildman–Crippen LogP) is 3.76. The molecule has 1 amide bonds. The number of rotatable bonds is 3. The fourth-order valence-electron chi connectivity index (χ4n) is 3.62. The van der Waals surface area contributed by atoms with Gasteiger partial charge in [-0.05, 0) is 29.8 Å². The van der Waals surface area contributed by atoms with Gasteiger partial charge in [-0.2, -0.15) is 0 Å². The quantitative estimate of drug-likeness (QED) is 0.654. The molecule has 1 aliphatic rings. The summed E-state index contributed by atoms with van der Waals surface area (Å²) in [6.07, 6.45) is 0.432. The van der Waals surface area contributed by atoms with Crippen LogP contribution in [0.5, 0.6) is 0 Å². The number of hydrogen-bond acceptors (Lipinski definition) is 5. The summed E-state index contributed by atoms with van der Waals surface area (Å²) in [6.45, 7) is 0.832. The zero-order valence-corrected chi connectivity index (χ0v) is 16.8. The number of carboxylic acid groups (broad SMARTS) is 1. The highest BCUT2D eigenvalue weighted by molar-refractivity contribution is 6.34. The summed E-state index contributed by atoms with van der Waals surface area (Å²) in [7, 11) is 0. The van der Waals surface area contributed by atoms with E-state index in [0.717, 1.165) is 16.5 Å². The van der Waals surface area contributed by atoms with Crippen LogP contribution in [0.25, 0.3) is 22.0 Å². The molecule has 0 radical (unpaired) electrons. The van der Waals surface area contributed by atoms with Gasteiger partial charge in [0.25, 0.3) is 0 Å². The monoisotopic (exact) mass is 432 g/mol. The molecule has 0 spiro atoms. The van der Waals surface area contributed by atoms with E-state index in [4.69, 9.17) is 23.2 Å². The van der Waals surface area contributed by atoms with E-state index in [2.05, 4.69) is 9.97 Å². The number of anilines is 1. The van der Waals surface area contributed by atoms with Crippen LogP contribution >= 0.6 is 23.2 Å². The second kappa shape index (κ2) is 8.02. The van der Waals surface area contributed by atoms with E-state index < -0.39 is 12.1 Å². The molecule has 0 saturated carbocycles. The van der Waals surface area contributed by atoms with Crippen molar-refractivity contribution >= 4 is 46.0 Å². The normalized spacial score (nSPS) is 17.0. The molecule has 29 heavy (non-hydrogen) atoms. The molecule has 1 saturated heterocycles. The molecule has 2 aromatic carbocycles. The van der Waals surface area contributed by atoms with Crippen molar-refractivity contribution in [1.29, 1.82) is 0 Å². The maximum Gasteiger partial charge on any atom is 0.407 e. The maximum atomic E-state index is 11.4. The average Bonchev–Trinajstić information content (AvgIpc) is 2.73. The van der Waals surface area contributed by atoms with E-state index in [9.17, 15) is 15.0 Å². The molecule has 2 N–H and O–H groups in total. The Hall–Kier alpha value is -2.61. The summed E-state index contributed by atoms with van der Waals surface area (Å²) in [5, 5.41) is 21.0. The van der Waals surface area contributed by atoms with Crippen LogP contribution in [0.1, 0.15) is 0 Å². The number of aliphatic hydroxyl groups excluding tert-OH is 1. The van der Waals surface area contributed by atoms with Gasteiger partial charge in [0.1, 0.15) is 12.1 Å². The lowest BCUT2D eigenvalue weighted by Crippen LogP contribution is -2.56. The lowest BCUT2D eigenvalue weighted by molar-refractivity contribution is 0.0909. The summed E-state index contributed by atoms with van der Waals surface area (Å²) in [5.74, 6) is 0.686. The van der Waals surface area contributed by atoms with Crippen LogP contribution in [0.4, 0.5) is 10.6 Å². The van der Waals surface area contributed by atoms with Gasteiger partial charge >= 0.3 is 6.09 Å². The Morgan fingerprint density at radius 2 is 1.90 bits per heavy atom. The van der Waals surface area contributed by atoms with Crippen LogP contribution in [0.2, 0.25) is 10.0 Å². The van der Waals surface area contributed by atoms with Crippen molar-refractivity contribution in [3.8, 4) is 11.1 Å². The first-order valence-electron chi connectivity index (χ1n) is 9.03. The molecular formula is C20H18Cl2N4O3. The zero-order chi connectivity index (χ0) is 20.5. The van der Waals surface area contributed by atoms with Crippen LogP contribution in [-0.4, -0.2) is 63.5 Å². The van der Waals surface area contributed by atoms with Crippen LogP contribution in [0.15, 0.2) is 42.7 Å². The molecule has 1 atom stereocenters. The number of halogens is 2. The van der Waals surface area contributed by atoms with Crippen LogP contribution in [0.3, 0.4) is 0 Å². The van der Waals surface area contributed by atoms with Crippen molar-refractivity contribution < 1.29 is 15.0 Å². The summed E-state index contributed by atoms with van der Waals surface area (Å²) in [4.78, 5) is 23.4. The number of aromatic nitrogens is 2. The Labute approximate surface area is 177 Å². The van der Waals surface area contributed by atoms with Gasteiger partial charge in [0, 0.05) is 35.6 Å². The minimum Gasteiger partial charge on any atom is -0.465 e. The van der Waals surface area contributed by atoms with Gasteiger partial charge in [-0.25, -0.2) is 14.8 Å². The van der Waals surface area contributed by atoms with Gasteiger partial charge in [-0.3, -0.25) is 4.90 Å². The van der Waals surface area contributed by atoms with E-state index in [1.807, 2.05) is 23.1 Å². The Morgan fingerprint density at radius 3 is 2.59 bits per heavy atom. The molecular weight excluding hydrogens is 415 g/mol. The largest absolute Gasteiger partial charge is 0.465 e. The van der Waals surface area contributed by atoms with E-state index in [1.165, 1.54) is 11.2 Å². The third-order valence-corrected chi connectivity index (χ3v) is 5.66. The molecule has 7 nitrogen and oxygen atoms in total. The number of amides is 1.